The van der Waals surface area contributed by atoms with Gasteiger partial charge in [0.25, 0.3) is 0 Å². The number of nitrogens with one attached hydrogen (secondary N) is 4. The number of hydrogen-bond acceptors (Lipinski definition) is 5. The Morgan fingerprint density at radius 3 is 1.89 bits per heavy atom. The van der Waals surface area contributed by atoms with E-state index in [4.69, 9.17) is 12.2 Å². The van der Waals surface area contributed by atoms with E-state index in [1.165, 1.54) is 0 Å². The van der Waals surface area contributed by atoms with E-state index in [0.717, 1.165) is 63.3 Å². The molecule has 0 radical (unpaired) electrons. The van der Waals surface area contributed by atoms with Gasteiger partial charge in [-0.2, -0.15) is 0 Å². The van der Waals surface area contributed by atoms with Crippen molar-refractivity contribution in [3.05, 3.63) is 96.1 Å². The van der Waals surface area contributed by atoms with Crippen molar-refractivity contribution in [2.45, 2.75) is 110 Å². The second-order valence-electron chi connectivity index (χ2n) is 15.5. The summed E-state index contributed by atoms with van der Waals surface area (Å²) in [6, 6.07) is 27.4. The summed E-state index contributed by atoms with van der Waals surface area (Å²) in [7, 11) is 1.82. The number of thiocarbonyl (C=S) groups is 1. The lowest BCUT2D eigenvalue weighted by Gasteiger charge is -2.29. The summed E-state index contributed by atoms with van der Waals surface area (Å²) in [5.74, 6) is -0.773. The topological polar surface area (TPSA) is 120 Å². The fourth-order valence-electron chi connectivity index (χ4n) is 7.16. The van der Waals surface area contributed by atoms with Gasteiger partial charge in [-0.3, -0.25) is 14.4 Å². The van der Waals surface area contributed by atoms with Gasteiger partial charge in [0.1, 0.15) is 6.04 Å². The van der Waals surface area contributed by atoms with Crippen LogP contribution in [0.2, 0.25) is 0 Å². The Kier molecular flexibility index (Phi) is 17.6. The van der Waals surface area contributed by atoms with Crippen LogP contribution in [0.4, 0.5) is 0 Å². The molecule has 4 aromatic rings. The highest BCUT2D eigenvalue weighted by Crippen LogP contribution is 2.27. The molecule has 0 saturated heterocycles. The van der Waals surface area contributed by atoms with E-state index in [0.29, 0.717) is 44.6 Å². The number of fused-ring (bicyclic) bond motifs is 2. The highest BCUT2D eigenvalue weighted by Gasteiger charge is 2.31. The molecular weight excluding hydrogens is 705 g/mol. The Morgan fingerprint density at radius 1 is 0.745 bits per heavy atom. The second-order valence-corrected chi connectivity index (χ2v) is 16.0. The lowest BCUT2D eigenvalue weighted by molar-refractivity contribution is -0.132. The highest BCUT2D eigenvalue weighted by molar-refractivity contribution is 7.80. The number of benzene rings is 4. The second kappa shape index (κ2) is 22.3. The molecule has 55 heavy (non-hydrogen) atoms. The number of hydrogen-bond donors (Lipinski definition) is 5. The van der Waals surface area contributed by atoms with Gasteiger partial charge in [-0.25, -0.2) is 0 Å². The van der Waals surface area contributed by atoms with Gasteiger partial charge in [0.15, 0.2) is 0 Å². The molecule has 0 aliphatic heterocycles. The highest BCUT2D eigenvalue weighted by atomic mass is 32.1. The van der Waals surface area contributed by atoms with Crippen molar-refractivity contribution in [3.8, 4) is 0 Å². The third-order valence-electron chi connectivity index (χ3n) is 10.6. The molecule has 1 unspecified atom stereocenters. The fraction of sp³-hybridized carbons (Fsp3) is 0.478. The molecule has 4 rings (SSSR count). The van der Waals surface area contributed by atoms with E-state index in [1.54, 1.807) is 0 Å². The van der Waals surface area contributed by atoms with E-state index in [9.17, 15) is 19.5 Å². The van der Waals surface area contributed by atoms with Crippen LogP contribution in [0.25, 0.3) is 21.5 Å². The summed E-state index contributed by atoms with van der Waals surface area (Å²) < 4.78 is 0. The number of unbranched alkanes of at least 4 members (excludes halogenated alkanes) is 2. The summed E-state index contributed by atoms with van der Waals surface area (Å²) in [5, 5.41) is 27.9. The first-order chi connectivity index (χ1) is 26.5. The molecule has 0 bridgehead atoms. The molecule has 0 heterocycles. The molecule has 0 fully saturated rings. The molecule has 296 valence electrons. The zero-order chi connectivity index (χ0) is 39.7. The van der Waals surface area contributed by atoms with E-state index < -0.39 is 24.1 Å². The van der Waals surface area contributed by atoms with Crippen LogP contribution in [-0.2, 0) is 27.2 Å². The zero-order valence-corrected chi connectivity index (χ0v) is 34.2. The summed E-state index contributed by atoms with van der Waals surface area (Å²) in [4.78, 5) is 42.5. The van der Waals surface area contributed by atoms with E-state index in [1.807, 2.05) is 57.3 Å². The van der Waals surface area contributed by atoms with Crippen LogP contribution in [-0.4, -0.2) is 59.6 Å². The number of amides is 3. The molecule has 3 amide bonds. The molecule has 0 aliphatic carbocycles. The van der Waals surface area contributed by atoms with Crippen molar-refractivity contribution in [3.63, 3.8) is 0 Å². The molecule has 0 aromatic heterocycles. The number of aliphatic hydroxyl groups is 1. The van der Waals surface area contributed by atoms with Crippen LogP contribution in [0, 0.1) is 17.8 Å². The van der Waals surface area contributed by atoms with Gasteiger partial charge in [-0.1, -0.05) is 144 Å². The minimum absolute atomic E-state index is 0.116. The molecule has 0 aliphatic rings. The molecule has 4 atom stereocenters. The molecule has 5 N–H and O–H groups in total. The van der Waals surface area contributed by atoms with Crippen molar-refractivity contribution in [1.29, 1.82) is 0 Å². The molecular formula is C46H62N4O4S. The lowest BCUT2D eigenvalue weighted by atomic mass is 9.87. The monoisotopic (exact) mass is 766 g/mol. The van der Waals surface area contributed by atoms with Crippen LogP contribution < -0.4 is 21.3 Å². The first-order valence-corrected chi connectivity index (χ1v) is 20.6. The van der Waals surface area contributed by atoms with Gasteiger partial charge in [0.2, 0.25) is 17.7 Å². The Morgan fingerprint density at radius 2 is 1.33 bits per heavy atom. The third-order valence-corrected chi connectivity index (χ3v) is 11.0. The Hall–Kier alpha value is -4.34. The van der Waals surface area contributed by atoms with Gasteiger partial charge in [0.05, 0.1) is 23.6 Å². The van der Waals surface area contributed by atoms with E-state index >= 15 is 0 Å². The largest absolute Gasteiger partial charge is 0.390 e. The van der Waals surface area contributed by atoms with Crippen molar-refractivity contribution >= 4 is 56.5 Å². The number of aliphatic hydroxyl groups excluding tert-OH is 1. The minimum atomic E-state index is -1.08. The first-order valence-electron chi connectivity index (χ1n) is 20.2. The van der Waals surface area contributed by atoms with E-state index in [-0.39, 0.29) is 30.1 Å². The average Bonchev–Trinajstić information content (AvgIpc) is 3.18. The minimum Gasteiger partial charge on any atom is -0.390 e. The molecule has 4 aromatic carbocycles. The first kappa shape index (κ1) is 43.4. The predicted octanol–water partition coefficient (Wildman–Crippen LogP) is 7.82. The van der Waals surface area contributed by atoms with E-state index in [2.05, 4.69) is 83.6 Å². The van der Waals surface area contributed by atoms with Gasteiger partial charge < -0.3 is 26.4 Å². The van der Waals surface area contributed by atoms with Gasteiger partial charge in [-0.15, -0.1) is 0 Å². The number of carbonyl (C=O) groups is 3. The molecule has 0 spiro atoms. The summed E-state index contributed by atoms with van der Waals surface area (Å²) in [5.41, 5.74) is 2.15. The Bertz CT molecular complexity index is 1770. The maximum absolute atomic E-state index is 14.6. The zero-order valence-electron chi connectivity index (χ0n) is 33.4. The normalized spacial score (nSPS) is 13.7. The smallest absolute Gasteiger partial charge is 0.242 e. The average molecular weight is 767 g/mol. The van der Waals surface area contributed by atoms with Crippen molar-refractivity contribution in [2.24, 2.45) is 17.8 Å². The quantitative estimate of drug-likeness (QED) is 0.0411. The van der Waals surface area contributed by atoms with Crippen molar-refractivity contribution in [1.82, 2.24) is 21.3 Å². The molecule has 8 nitrogen and oxygen atoms in total. The van der Waals surface area contributed by atoms with Crippen LogP contribution in [0.15, 0.2) is 84.9 Å². The van der Waals surface area contributed by atoms with Gasteiger partial charge in [0, 0.05) is 19.5 Å². The fourth-order valence-corrected chi connectivity index (χ4v) is 7.31. The van der Waals surface area contributed by atoms with Crippen molar-refractivity contribution in [2.75, 3.05) is 13.6 Å². The maximum Gasteiger partial charge on any atom is 0.242 e. The number of rotatable bonds is 22. The summed E-state index contributed by atoms with van der Waals surface area (Å²) in [6.07, 6.45) is 4.82. The maximum atomic E-state index is 14.6. The summed E-state index contributed by atoms with van der Waals surface area (Å²) >= 11 is 5.34. The Labute approximate surface area is 333 Å². The van der Waals surface area contributed by atoms with Crippen LogP contribution in [0.1, 0.15) is 90.2 Å². The Balaban J connectivity index is 1.60. The van der Waals surface area contributed by atoms with Crippen LogP contribution in [0.3, 0.4) is 0 Å². The van der Waals surface area contributed by atoms with Crippen LogP contribution >= 0.6 is 12.2 Å². The molecule has 9 heteroatoms. The van der Waals surface area contributed by atoms with Crippen molar-refractivity contribution < 1.29 is 19.5 Å². The predicted molar refractivity (Wildman–Crippen MR) is 230 cm³/mol. The molecule has 0 saturated carbocycles. The van der Waals surface area contributed by atoms with Crippen LogP contribution in [0.5, 0.6) is 0 Å². The standard InChI is InChI=1S/C46H62N4O4S/c1-6-32(4)30-48-43(52)29-42(51)41(26-31(2)3)50-46(54)40(24-8-7-9-25-44(55)47-5)49-45(53)37(27-35-20-14-18-33-16-10-12-22-38(33)35)28-36-21-15-19-34-17-11-13-23-39(34)36/h10-23,31-32,37,40-42,51H,6-9,24-30H2,1-5H3,(H,47,55)(H,48,52)(H,49,53)(H,50,54)/t32?,40-,41-,42-/m0/s1. The summed E-state index contributed by atoms with van der Waals surface area (Å²) in [6.45, 7) is 8.72. The van der Waals surface area contributed by atoms with Gasteiger partial charge in [-0.05, 0) is 83.0 Å². The lowest BCUT2D eigenvalue weighted by Crippen LogP contribution is -2.54. The number of carbonyl (C=O) groups excluding carboxylic acids is 3. The third kappa shape index (κ3) is 13.7. The van der Waals surface area contributed by atoms with Gasteiger partial charge >= 0.3 is 0 Å². The SMILES string of the molecule is CCC(C)CNC(=O)C[C@H](O)[C@H](CC(C)C)NC(=O)[C@H](CCCCCC(=S)NC)NC(=O)C(Cc1cccc2ccccc12)Cc1cccc2ccccc12.